The molecule has 5 heteroatoms. The van der Waals surface area contributed by atoms with Crippen LogP contribution in [0.25, 0.3) is 115 Å². The Morgan fingerprint density at radius 3 is 1.64 bits per heavy atom. The standard InChI is InChI=1S/C48H27N5/c1-2-14-29-28(13-1)25-26-42-43(29)36-27-35-32-17-6-11-23-40(32)53(45(35)44-34-19-7-12-24-41(34)51(42)46(36)44)48-49-37-20-8-3-18-33(37)47(50-48)52-38-21-9-4-15-30(38)31-16-5-10-22-39(31)52/h1-27H. The summed E-state index contributed by atoms with van der Waals surface area (Å²) in [6, 6.07) is 59.0. The summed E-state index contributed by atoms with van der Waals surface area (Å²) in [6.45, 7) is 0. The molecule has 8 aromatic carbocycles. The van der Waals surface area contributed by atoms with Gasteiger partial charge >= 0.3 is 0 Å². The third kappa shape index (κ3) is 3.37. The molecule has 53 heavy (non-hydrogen) atoms. The van der Waals surface area contributed by atoms with Gasteiger partial charge in [-0.05, 0) is 59.3 Å². The van der Waals surface area contributed by atoms with Crippen molar-refractivity contribution in [3.05, 3.63) is 164 Å². The highest BCUT2D eigenvalue weighted by molar-refractivity contribution is 6.36. The van der Waals surface area contributed by atoms with E-state index >= 15 is 0 Å². The molecule has 5 nitrogen and oxygen atoms in total. The maximum Gasteiger partial charge on any atom is 0.237 e. The summed E-state index contributed by atoms with van der Waals surface area (Å²) in [4.78, 5) is 11.0. The van der Waals surface area contributed by atoms with Crippen LogP contribution in [0.4, 0.5) is 0 Å². The molecule has 0 radical (unpaired) electrons. The first-order valence-electron chi connectivity index (χ1n) is 18.1. The molecule has 0 amide bonds. The van der Waals surface area contributed by atoms with Crippen LogP contribution in [-0.4, -0.2) is 23.5 Å². The summed E-state index contributed by atoms with van der Waals surface area (Å²) in [5, 5.41) is 13.3. The van der Waals surface area contributed by atoms with Crippen molar-refractivity contribution in [2.45, 2.75) is 0 Å². The van der Waals surface area contributed by atoms with Crippen LogP contribution < -0.4 is 0 Å². The third-order valence-electron chi connectivity index (χ3n) is 11.5. The van der Waals surface area contributed by atoms with Crippen molar-refractivity contribution in [1.82, 2.24) is 23.5 Å². The SMILES string of the molecule is c1ccc2c(c1)ccc1c2c2cc3c4ccccc4n(-c4nc(-n5c6ccccc6c6ccccc65)c5ccccc5n4)c3c3c4ccccc4n1c23. The Hall–Kier alpha value is -7.24. The Balaban J connectivity index is 1.25. The van der Waals surface area contributed by atoms with Gasteiger partial charge in [0.25, 0.3) is 0 Å². The zero-order valence-corrected chi connectivity index (χ0v) is 28.3. The normalized spacial score (nSPS) is 12.5. The molecular formula is C48H27N5. The average molecular weight is 674 g/mol. The summed E-state index contributed by atoms with van der Waals surface area (Å²) in [5.41, 5.74) is 9.02. The highest BCUT2D eigenvalue weighted by Crippen LogP contribution is 2.47. The highest BCUT2D eigenvalue weighted by Gasteiger charge is 2.26. The molecule has 0 saturated carbocycles. The number of benzene rings is 8. The largest absolute Gasteiger partial charge is 0.308 e. The summed E-state index contributed by atoms with van der Waals surface area (Å²) in [5.74, 6) is 1.52. The van der Waals surface area contributed by atoms with Crippen LogP contribution in [0.1, 0.15) is 0 Å². The molecule has 0 aliphatic heterocycles. The van der Waals surface area contributed by atoms with Gasteiger partial charge in [0, 0.05) is 48.5 Å². The molecular weight excluding hydrogens is 647 g/mol. The van der Waals surface area contributed by atoms with Gasteiger partial charge < -0.3 is 4.40 Å². The minimum Gasteiger partial charge on any atom is -0.308 e. The third-order valence-corrected chi connectivity index (χ3v) is 11.5. The van der Waals surface area contributed by atoms with E-state index < -0.39 is 0 Å². The maximum atomic E-state index is 5.61. The quantitative estimate of drug-likeness (QED) is 0.183. The van der Waals surface area contributed by atoms with Gasteiger partial charge in [0.2, 0.25) is 5.95 Å². The molecule has 5 heterocycles. The van der Waals surface area contributed by atoms with Gasteiger partial charge in [0.1, 0.15) is 0 Å². The van der Waals surface area contributed by atoms with Crippen molar-refractivity contribution in [3.8, 4) is 11.8 Å². The first-order valence-corrected chi connectivity index (χ1v) is 18.1. The Morgan fingerprint density at radius 1 is 0.340 bits per heavy atom. The van der Waals surface area contributed by atoms with Crippen molar-refractivity contribution < 1.29 is 0 Å². The zero-order chi connectivity index (χ0) is 34.4. The van der Waals surface area contributed by atoms with Crippen LogP contribution in [0.2, 0.25) is 0 Å². The zero-order valence-electron chi connectivity index (χ0n) is 28.3. The predicted octanol–water partition coefficient (Wildman–Crippen LogP) is 12.1. The summed E-state index contributed by atoms with van der Waals surface area (Å²) >= 11 is 0. The van der Waals surface area contributed by atoms with Gasteiger partial charge in [0.05, 0.1) is 44.1 Å². The lowest BCUT2D eigenvalue weighted by atomic mass is 10.00. The number of nitrogens with zero attached hydrogens (tertiary/aromatic N) is 5. The van der Waals surface area contributed by atoms with Crippen LogP contribution >= 0.6 is 0 Å². The number of rotatable bonds is 2. The lowest BCUT2D eigenvalue weighted by Gasteiger charge is -2.14. The minimum atomic E-state index is 0.653. The molecule has 0 fully saturated rings. The van der Waals surface area contributed by atoms with E-state index in [9.17, 15) is 0 Å². The Labute approximate surface area is 301 Å². The van der Waals surface area contributed by atoms with Crippen LogP contribution in [0.15, 0.2) is 164 Å². The molecule has 0 unspecified atom stereocenters. The Bertz CT molecular complexity index is 3640. The van der Waals surface area contributed by atoms with E-state index in [1.54, 1.807) is 0 Å². The number of aromatic nitrogens is 5. The second kappa shape index (κ2) is 9.75. The fourth-order valence-corrected chi connectivity index (χ4v) is 9.45. The first-order chi connectivity index (χ1) is 26.3. The van der Waals surface area contributed by atoms with E-state index in [2.05, 4.69) is 177 Å². The van der Waals surface area contributed by atoms with Crippen LogP contribution in [-0.2, 0) is 0 Å². The van der Waals surface area contributed by atoms with Gasteiger partial charge in [-0.1, -0.05) is 115 Å². The smallest absolute Gasteiger partial charge is 0.237 e. The molecule has 0 saturated heterocycles. The van der Waals surface area contributed by atoms with E-state index in [0.717, 1.165) is 38.8 Å². The summed E-state index contributed by atoms with van der Waals surface area (Å²) in [6.07, 6.45) is 0. The minimum absolute atomic E-state index is 0.653. The van der Waals surface area contributed by atoms with Crippen LogP contribution in [0, 0.1) is 0 Å². The van der Waals surface area contributed by atoms with Gasteiger partial charge in [-0.25, -0.2) is 4.98 Å². The van der Waals surface area contributed by atoms with Crippen molar-refractivity contribution >= 4 is 103 Å². The van der Waals surface area contributed by atoms with Crippen LogP contribution in [0.3, 0.4) is 0 Å². The van der Waals surface area contributed by atoms with E-state index in [0.29, 0.717) is 5.95 Å². The molecule has 0 N–H and O–H groups in total. The molecule has 13 aromatic rings. The predicted molar refractivity (Wildman–Crippen MR) is 220 cm³/mol. The molecule has 0 aliphatic carbocycles. The number of hydrogen-bond acceptors (Lipinski definition) is 2. The van der Waals surface area contributed by atoms with Gasteiger partial charge in [-0.15, -0.1) is 0 Å². The summed E-state index contributed by atoms with van der Waals surface area (Å²) in [7, 11) is 0. The lowest BCUT2D eigenvalue weighted by Crippen LogP contribution is -2.07. The highest BCUT2D eigenvalue weighted by atomic mass is 15.2. The fourth-order valence-electron chi connectivity index (χ4n) is 9.45. The van der Waals surface area contributed by atoms with E-state index in [1.807, 2.05) is 0 Å². The van der Waals surface area contributed by atoms with Crippen molar-refractivity contribution in [2.75, 3.05) is 0 Å². The van der Waals surface area contributed by atoms with Gasteiger partial charge in [-0.3, -0.25) is 9.13 Å². The molecule has 5 aromatic heterocycles. The van der Waals surface area contributed by atoms with E-state index in [1.165, 1.54) is 70.4 Å². The molecule has 13 rings (SSSR count). The van der Waals surface area contributed by atoms with Crippen LogP contribution in [0.5, 0.6) is 0 Å². The summed E-state index contributed by atoms with van der Waals surface area (Å²) < 4.78 is 7.13. The molecule has 0 atom stereocenters. The second-order valence-electron chi connectivity index (χ2n) is 14.2. The first kappa shape index (κ1) is 27.5. The average Bonchev–Trinajstić information content (AvgIpc) is 3.94. The molecule has 244 valence electrons. The van der Waals surface area contributed by atoms with Crippen molar-refractivity contribution in [2.24, 2.45) is 0 Å². The Kier molecular flexibility index (Phi) is 5.06. The fraction of sp³-hybridized carbons (Fsp3) is 0. The van der Waals surface area contributed by atoms with E-state index in [-0.39, 0.29) is 0 Å². The topological polar surface area (TPSA) is 40.0 Å². The molecule has 0 aliphatic rings. The maximum absolute atomic E-state index is 5.61. The number of fused-ring (bicyclic) bond motifs is 16. The van der Waals surface area contributed by atoms with Gasteiger partial charge in [0.15, 0.2) is 5.82 Å². The second-order valence-corrected chi connectivity index (χ2v) is 14.2. The number of para-hydroxylation sites is 5. The molecule has 0 spiro atoms. The Morgan fingerprint density at radius 2 is 0.906 bits per heavy atom. The van der Waals surface area contributed by atoms with Crippen molar-refractivity contribution in [3.63, 3.8) is 0 Å². The number of hydrogen-bond donors (Lipinski definition) is 0. The lowest BCUT2D eigenvalue weighted by molar-refractivity contribution is 0.974. The monoisotopic (exact) mass is 673 g/mol. The molecule has 0 bridgehead atoms. The van der Waals surface area contributed by atoms with Crippen molar-refractivity contribution in [1.29, 1.82) is 0 Å². The van der Waals surface area contributed by atoms with Gasteiger partial charge in [-0.2, -0.15) is 4.98 Å². The van der Waals surface area contributed by atoms with E-state index in [4.69, 9.17) is 9.97 Å².